The van der Waals surface area contributed by atoms with E-state index >= 15 is 0 Å². The first-order valence-corrected chi connectivity index (χ1v) is 9.29. The van der Waals surface area contributed by atoms with Crippen LogP contribution >= 0.6 is 11.8 Å². The molecule has 1 N–H and O–H groups in total. The smallest absolute Gasteiger partial charge is 0.337 e. The number of hydrogen-bond donors (Lipinski definition) is 1. The molecule has 0 fully saturated rings. The van der Waals surface area contributed by atoms with Gasteiger partial charge in [0.25, 0.3) is 0 Å². The molecule has 3 aromatic rings. The van der Waals surface area contributed by atoms with Crippen LogP contribution in [0.1, 0.15) is 35.0 Å². The third-order valence-electron chi connectivity index (χ3n) is 3.93. The summed E-state index contributed by atoms with van der Waals surface area (Å²) >= 11 is 1.58. The molecule has 0 aliphatic heterocycles. The van der Waals surface area contributed by atoms with Gasteiger partial charge in [0.05, 0.1) is 24.9 Å². The highest BCUT2D eigenvalue weighted by atomic mass is 32.2. The van der Waals surface area contributed by atoms with E-state index in [2.05, 4.69) is 21.9 Å². The normalized spacial score (nSPS) is 11.0. The van der Waals surface area contributed by atoms with Gasteiger partial charge < -0.3 is 9.72 Å². The van der Waals surface area contributed by atoms with Crippen LogP contribution in [0.2, 0.25) is 0 Å². The third kappa shape index (κ3) is 3.65. The van der Waals surface area contributed by atoms with E-state index in [-0.39, 0.29) is 11.7 Å². The topological polar surface area (TPSA) is 89.9 Å². The van der Waals surface area contributed by atoms with Gasteiger partial charge in [-0.2, -0.15) is 0 Å². The zero-order chi connectivity index (χ0) is 18.7. The lowest BCUT2D eigenvalue weighted by Crippen LogP contribution is -2.18. The van der Waals surface area contributed by atoms with Gasteiger partial charge in [-0.25, -0.2) is 19.6 Å². The number of carbonyl (C=O) groups is 1. The number of nitrogens with one attached hydrogen (secondary N) is 1. The van der Waals surface area contributed by atoms with Gasteiger partial charge >= 0.3 is 11.7 Å². The van der Waals surface area contributed by atoms with Gasteiger partial charge in [0, 0.05) is 5.75 Å². The molecule has 26 heavy (non-hydrogen) atoms. The van der Waals surface area contributed by atoms with Gasteiger partial charge in [0.2, 0.25) is 0 Å². The van der Waals surface area contributed by atoms with Crippen LogP contribution in [0.4, 0.5) is 0 Å². The van der Waals surface area contributed by atoms with Crippen LogP contribution in [-0.4, -0.2) is 38.4 Å². The number of thioether (sulfide) groups is 1. The second-order valence-electron chi connectivity index (χ2n) is 5.84. The van der Waals surface area contributed by atoms with Crippen molar-refractivity contribution in [3.8, 4) is 0 Å². The number of aromatic amines is 1. The van der Waals surface area contributed by atoms with Gasteiger partial charge in [0.1, 0.15) is 5.52 Å². The minimum absolute atomic E-state index is 0.230. The summed E-state index contributed by atoms with van der Waals surface area (Å²) in [6.45, 7) is 4.32. The predicted octanol–water partition coefficient (Wildman–Crippen LogP) is 2.77. The number of imidazole rings is 1. The molecule has 7 nitrogen and oxygen atoms in total. The fraction of sp³-hybridized carbons (Fsp3) is 0.333. The van der Waals surface area contributed by atoms with E-state index in [4.69, 9.17) is 4.74 Å². The van der Waals surface area contributed by atoms with Crippen molar-refractivity contribution in [1.29, 1.82) is 0 Å². The van der Waals surface area contributed by atoms with E-state index in [1.54, 1.807) is 40.6 Å². The van der Waals surface area contributed by atoms with E-state index in [0.29, 0.717) is 28.4 Å². The molecule has 2 aromatic heterocycles. The second-order valence-corrected chi connectivity index (χ2v) is 6.91. The number of methoxy groups -OCH3 is 1. The maximum Gasteiger partial charge on any atom is 0.337 e. The van der Waals surface area contributed by atoms with Crippen molar-refractivity contribution in [2.75, 3.05) is 12.9 Å². The van der Waals surface area contributed by atoms with Gasteiger partial charge in [-0.3, -0.25) is 4.57 Å². The standard InChI is InChI=1S/C18H20N4O3S/c1-4-9-26-17-19-11(2)14-15(21-17)22(18(24)20-14)10-12-5-7-13(8-6-12)16(23)25-3/h5-8H,4,9-10H2,1-3H3,(H,20,24). The molecule has 0 saturated carbocycles. The van der Waals surface area contributed by atoms with E-state index in [1.165, 1.54) is 7.11 Å². The highest BCUT2D eigenvalue weighted by Crippen LogP contribution is 2.20. The molecule has 0 saturated heterocycles. The Morgan fingerprint density at radius 2 is 2.00 bits per heavy atom. The average Bonchev–Trinajstić information content (AvgIpc) is 2.96. The number of rotatable bonds is 6. The molecule has 1 aromatic carbocycles. The molecule has 0 aliphatic carbocycles. The molecule has 0 aliphatic rings. The summed E-state index contributed by atoms with van der Waals surface area (Å²) in [7, 11) is 1.35. The number of hydrogen-bond acceptors (Lipinski definition) is 6. The van der Waals surface area contributed by atoms with Crippen molar-refractivity contribution in [1.82, 2.24) is 19.5 Å². The quantitative estimate of drug-likeness (QED) is 0.406. The predicted molar refractivity (Wildman–Crippen MR) is 101 cm³/mol. The third-order valence-corrected chi connectivity index (χ3v) is 4.99. The first-order chi connectivity index (χ1) is 12.5. The summed E-state index contributed by atoms with van der Waals surface area (Å²) in [5.41, 5.74) is 3.14. The maximum atomic E-state index is 12.4. The molecule has 0 spiro atoms. The summed E-state index contributed by atoms with van der Waals surface area (Å²) in [4.78, 5) is 35.8. The van der Waals surface area contributed by atoms with Gasteiger partial charge in [0.15, 0.2) is 10.8 Å². The second kappa shape index (κ2) is 7.74. The van der Waals surface area contributed by atoms with E-state index in [0.717, 1.165) is 23.4 Å². The Hall–Kier alpha value is -2.61. The highest BCUT2D eigenvalue weighted by molar-refractivity contribution is 7.99. The van der Waals surface area contributed by atoms with Gasteiger partial charge in [-0.15, -0.1) is 0 Å². The Morgan fingerprint density at radius 3 is 2.65 bits per heavy atom. The van der Waals surface area contributed by atoms with Crippen molar-refractivity contribution in [2.45, 2.75) is 32.0 Å². The van der Waals surface area contributed by atoms with Crippen molar-refractivity contribution >= 4 is 28.9 Å². The summed E-state index contributed by atoms with van der Waals surface area (Å²) < 4.78 is 6.29. The molecule has 0 atom stereocenters. The van der Waals surface area contributed by atoms with Gasteiger partial charge in [-0.05, 0) is 31.0 Å². The van der Waals surface area contributed by atoms with Crippen LogP contribution < -0.4 is 5.69 Å². The number of fused-ring (bicyclic) bond motifs is 1. The molecule has 3 rings (SSSR count). The molecule has 136 valence electrons. The number of aromatic nitrogens is 4. The fourth-order valence-electron chi connectivity index (χ4n) is 2.60. The Labute approximate surface area is 154 Å². The molecular formula is C18H20N4O3S. The number of H-pyrrole nitrogens is 1. The fourth-order valence-corrected chi connectivity index (χ4v) is 3.34. The zero-order valence-electron chi connectivity index (χ0n) is 14.9. The lowest BCUT2D eigenvalue weighted by atomic mass is 10.1. The van der Waals surface area contributed by atoms with Crippen LogP contribution in [0.25, 0.3) is 11.2 Å². The Bertz CT molecular complexity index is 992. The molecule has 0 bridgehead atoms. The summed E-state index contributed by atoms with van der Waals surface area (Å²) in [5.74, 6) is 0.538. The van der Waals surface area contributed by atoms with E-state index < -0.39 is 0 Å². The number of benzene rings is 1. The lowest BCUT2D eigenvalue weighted by Gasteiger charge is -2.06. The van der Waals surface area contributed by atoms with Crippen molar-refractivity contribution in [2.24, 2.45) is 0 Å². The Kier molecular flexibility index (Phi) is 5.41. The number of aryl methyl sites for hydroxylation is 1. The zero-order valence-corrected chi connectivity index (χ0v) is 15.7. The van der Waals surface area contributed by atoms with Crippen LogP contribution in [-0.2, 0) is 11.3 Å². The van der Waals surface area contributed by atoms with Gasteiger partial charge in [-0.1, -0.05) is 30.8 Å². The highest BCUT2D eigenvalue weighted by Gasteiger charge is 2.14. The minimum atomic E-state index is -0.387. The molecule has 0 unspecified atom stereocenters. The SMILES string of the molecule is CCCSc1nc(C)c2[nH]c(=O)n(Cc3ccc(C(=O)OC)cc3)c2n1. The molecular weight excluding hydrogens is 352 g/mol. The van der Waals surface area contributed by atoms with Crippen molar-refractivity contribution in [3.63, 3.8) is 0 Å². The maximum absolute atomic E-state index is 12.4. The van der Waals surface area contributed by atoms with E-state index in [9.17, 15) is 9.59 Å². The largest absolute Gasteiger partial charge is 0.465 e. The molecule has 0 radical (unpaired) electrons. The van der Waals surface area contributed by atoms with Crippen LogP contribution in [0.3, 0.4) is 0 Å². The molecule has 8 heteroatoms. The Balaban J connectivity index is 1.96. The number of esters is 1. The number of nitrogens with zero attached hydrogens (tertiary/aromatic N) is 3. The monoisotopic (exact) mass is 372 g/mol. The summed E-state index contributed by atoms with van der Waals surface area (Å²) in [6.07, 6.45) is 1.03. The van der Waals surface area contributed by atoms with Crippen molar-refractivity contribution in [3.05, 3.63) is 51.6 Å². The Morgan fingerprint density at radius 1 is 1.27 bits per heavy atom. The van der Waals surface area contributed by atoms with Crippen LogP contribution in [0.5, 0.6) is 0 Å². The minimum Gasteiger partial charge on any atom is -0.465 e. The summed E-state index contributed by atoms with van der Waals surface area (Å²) in [6, 6.07) is 6.98. The first-order valence-electron chi connectivity index (χ1n) is 8.30. The average molecular weight is 372 g/mol. The lowest BCUT2D eigenvalue weighted by molar-refractivity contribution is 0.0600. The van der Waals surface area contributed by atoms with Crippen molar-refractivity contribution < 1.29 is 9.53 Å². The van der Waals surface area contributed by atoms with E-state index in [1.807, 2.05) is 6.92 Å². The van der Waals surface area contributed by atoms with Crippen LogP contribution in [0, 0.1) is 6.92 Å². The summed E-state index contributed by atoms with van der Waals surface area (Å²) in [5, 5.41) is 0.672. The molecule has 0 amide bonds. The molecule has 2 heterocycles. The number of ether oxygens (including phenoxy) is 1. The first kappa shape index (κ1) is 18.2. The number of carbonyl (C=O) groups excluding carboxylic acids is 1. The van der Waals surface area contributed by atoms with Crippen LogP contribution in [0.15, 0.2) is 34.2 Å².